The van der Waals surface area contributed by atoms with Gasteiger partial charge in [0.05, 0.1) is 0 Å². The van der Waals surface area contributed by atoms with Gasteiger partial charge in [0, 0.05) is 18.0 Å². The molecule has 0 aromatic carbocycles. The molecule has 3 nitrogen and oxygen atoms in total. The summed E-state index contributed by atoms with van der Waals surface area (Å²) in [4.78, 5) is 12.2. The van der Waals surface area contributed by atoms with Crippen LogP contribution in [-0.2, 0) is 4.79 Å². The van der Waals surface area contributed by atoms with E-state index in [9.17, 15) is 4.79 Å². The van der Waals surface area contributed by atoms with Crippen molar-refractivity contribution in [2.24, 2.45) is 16.7 Å². The van der Waals surface area contributed by atoms with E-state index in [2.05, 4.69) is 38.5 Å². The van der Waals surface area contributed by atoms with E-state index in [4.69, 9.17) is 0 Å². The molecule has 0 aliphatic heterocycles. The number of amides is 1. The van der Waals surface area contributed by atoms with Crippen LogP contribution in [0.25, 0.3) is 0 Å². The maximum absolute atomic E-state index is 12.2. The molecule has 0 heterocycles. The molecule has 1 amide bonds. The van der Waals surface area contributed by atoms with Crippen LogP contribution >= 0.6 is 0 Å². The lowest BCUT2D eigenvalue weighted by Gasteiger charge is -2.30. The van der Waals surface area contributed by atoms with Gasteiger partial charge in [0.15, 0.2) is 0 Å². The fourth-order valence-corrected chi connectivity index (χ4v) is 3.73. The van der Waals surface area contributed by atoms with Gasteiger partial charge in [0.2, 0.25) is 5.91 Å². The van der Waals surface area contributed by atoms with Crippen LogP contribution in [0, 0.1) is 16.7 Å². The van der Waals surface area contributed by atoms with Crippen LogP contribution in [0.1, 0.15) is 59.8 Å². The molecule has 1 atom stereocenters. The minimum absolute atomic E-state index is 0.0435. The SMILES string of the molecule is CNC12CCC(CNC(=O)[C@@H](C)C(C)(C)C)(CC1)C2. The van der Waals surface area contributed by atoms with Crippen molar-refractivity contribution in [3.05, 3.63) is 0 Å². The van der Waals surface area contributed by atoms with Gasteiger partial charge in [-0.2, -0.15) is 0 Å². The lowest BCUT2D eigenvalue weighted by atomic mass is 9.80. The zero-order chi connectivity index (χ0) is 14.3. The van der Waals surface area contributed by atoms with E-state index in [1.807, 2.05) is 6.92 Å². The third kappa shape index (κ3) is 2.81. The average molecular weight is 266 g/mol. The van der Waals surface area contributed by atoms with Gasteiger partial charge in [-0.1, -0.05) is 27.7 Å². The van der Waals surface area contributed by atoms with E-state index in [1.165, 1.54) is 32.1 Å². The molecule has 2 aliphatic rings. The number of fused-ring (bicyclic) bond motifs is 2. The minimum atomic E-state index is 0.0435. The fourth-order valence-electron chi connectivity index (χ4n) is 3.73. The zero-order valence-electron chi connectivity index (χ0n) is 13.2. The largest absolute Gasteiger partial charge is 0.355 e. The molecular weight excluding hydrogens is 236 g/mol. The summed E-state index contributed by atoms with van der Waals surface area (Å²) in [5, 5.41) is 6.74. The third-order valence-corrected chi connectivity index (χ3v) is 5.84. The predicted octanol–water partition coefficient (Wildman–Crippen LogP) is 2.71. The number of carbonyl (C=O) groups excluding carboxylic acids is 1. The van der Waals surface area contributed by atoms with E-state index in [-0.39, 0.29) is 17.2 Å². The van der Waals surface area contributed by atoms with Crippen molar-refractivity contribution in [1.82, 2.24) is 10.6 Å². The molecule has 0 unspecified atom stereocenters. The molecule has 0 radical (unpaired) electrons. The Kier molecular flexibility index (Phi) is 3.72. The second kappa shape index (κ2) is 4.76. The maximum Gasteiger partial charge on any atom is 0.223 e. The first kappa shape index (κ1) is 14.8. The summed E-state index contributed by atoms with van der Waals surface area (Å²) in [5.74, 6) is 0.288. The van der Waals surface area contributed by atoms with Crippen LogP contribution < -0.4 is 10.6 Å². The Labute approximate surface area is 117 Å². The summed E-state index contributed by atoms with van der Waals surface area (Å²) in [6.07, 6.45) is 6.30. The molecule has 2 N–H and O–H groups in total. The molecule has 0 saturated heterocycles. The Morgan fingerprint density at radius 3 is 2.21 bits per heavy atom. The summed E-state index contributed by atoms with van der Waals surface area (Å²) < 4.78 is 0. The van der Waals surface area contributed by atoms with Gasteiger partial charge in [-0.25, -0.2) is 0 Å². The monoisotopic (exact) mass is 266 g/mol. The first-order valence-electron chi connectivity index (χ1n) is 7.69. The lowest BCUT2D eigenvalue weighted by molar-refractivity contribution is -0.128. The van der Waals surface area contributed by atoms with Crippen LogP contribution in [0.3, 0.4) is 0 Å². The second-order valence-electron chi connectivity index (χ2n) is 8.01. The zero-order valence-corrected chi connectivity index (χ0v) is 13.2. The van der Waals surface area contributed by atoms with Crippen molar-refractivity contribution in [1.29, 1.82) is 0 Å². The third-order valence-electron chi connectivity index (χ3n) is 5.84. The van der Waals surface area contributed by atoms with E-state index in [0.29, 0.717) is 11.0 Å². The Morgan fingerprint density at radius 1 is 1.21 bits per heavy atom. The molecule has 2 aliphatic carbocycles. The van der Waals surface area contributed by atoms with Gasteiger partial charge in [0.1, 0.15) is 0 Å². The molecule has 0 aromatic heterocycles. The number of nitrogens with one attached hydrogen (secondary N) is 2. The first-order chi connectivity index (χ1) is 8.72. The Bertz CT molecular complexity index is 348. The van der Waals surface area contributed by atoms with Crippen LogP contribution in [0.4, 0.5) is 0 Å². The highest BCUT2D eigenvalue weighted by Crippen LogP contribution is 2.55. The van der Waals surface area contributed by atoms with E-state index < -0.39 is 0 Å². The molecule has 0 spiro atoms. The first-order valence-corrected chi connectivity index (χ1v) is 7.69. The van der Waals surface area contributed by atoms with Crippen LogP contribution in [0.2, 0.25) is 0 Å². The number of hydrogen-bond acceptors (Lipinski definition) is 2. The van der Waals surface area contributed by atoms with Crippen molar-refractivity contribution in [2.45, 2.75) is 65.3 Å². The molecule has 2 fully saturated rings. The van der Waals surface area contributed by atoms with Crippen molar-refractivity contribution in [3.63, 3.8) is 0 Å². The molecule has 2 rings (SSSR count). The van der Waals surface area contributed by atoms with Crippen molar-refractivity contribution >= 4 is 5.91 Å². The van der Waals surface area contributed by atoms with Crippen molar-refractivity contribution in [3.8, 4) is 0 Å². The molecule has 0 aromatic rings. The van der Waals surface area contributed by atoms with Crippen molar-refractivity contribution in [2.75, 3.05) is 13.6 Å². The van der Waals surface area contributed by atoms with Crippen molar-refractivity contribution < 1.29 is 4.79 Å². The van der Waals surface area contributed by atoms with Gasteiger partial charge in [0.25, 0.3) is 0 Å². The summed E-state index contributed by atoms with van der Waals surface area (Å²) in [6.45, 7) is 9.30. The molecule has 2 saturated carbocycles. The van der Waals surface area contributed by atoms with E-state index >= 15 is 0 Å². The highest BCUT2D eigenvalue weighted by atomic mass is 16.1. The second-order valence-corrected chi connectivity index (χ2v) is 8.01. The highest BCUT2D eigenvalue weighted by molar-refractivity contribution is 5.79. The molecule has 19 heavy (non-hydrogen) atoms. The molecule has 2 bridgehead atoms. The lowest BCUT2D eigenvalue weighted by Crippen LogP contribution is -2.41. The van der Waals surface area contributed by atoms with Crippen LogP contribution in [0.5, 0.6) is 0 Å². The predicted molar refractivity (Wildman–Crippen MR) is 78.9 cm³/mol. The smallest absolute Gasteiger partial charge is 0.223 e. The highest BCUT2D eigenvalue weighted by Gasteiger charge is 2.53. The normalized spacial score (nSPS) is 35.4. The van der Waals surface area contributed by atoms with E-state index in [0.717, 1.165) is 6.54 Å². The average Bonchev–Trinajstić information content (AvgIpc) is 2.91. The minimum Gasteiger partial charge on any atom is -0.355 e. The maximum atomic E-state index is 12.2. The Morgan fingerprint density at radius 2 is 1.79 bits per heavy atom. The fraction of sp³-hybridized carbons (Fsp3) is 0.938. The Balaban J connectivity index is 1.89. The standard InChI is InChI=1S/C16H30N2O/c1-12(14(2,3)4)13(19)18-11-15-6-8-16(10-15,17-5)9-7-15/h12,17H,6-11H2,1-5H3,(H,18,19)/t12-,15?,16?/m1/s1. The number of hydrogen-bond donors (Lipinski definition) is 2. The van der Waals surface area contributed by atoms with Gasteiger partial charge in [-0.15, -0.1) is 0 Å². The molecule has 3 heteroatoms. The summed E-state index contributed by atoms with van der Waals surface area (Å²) in [6, 6.07) is 0. The summed E-state index contributed by atoms with van der Waals surface area (Å²) >= 11 is 0. The molecular formula is C16H30N2O. The van der Waals surface area contributed by atoms with Crippen LogP contribution in [-0.4, -0.2) is 25.0 Å². The van der Waals surface area contributed by atoms with E-state index in [1.54, 1.807) is 0 Å². The van der Waals surface area contributed by atoms with Gasteiger partial charge in [-0.3, -0.25) is 4.79 Å². The quantitative estimate of drug-likeness (QED) is 0.821. The molecule has 110 valence electrons. The van der Waals surface area contributed by atoms with Crippen LogP contribution in [0.15, 0.2) is 0 Å². The summed E-state index contributed by atoms with van der Waals surface area (Å²) in [5.41, 5.74) is 0.790. The Hall–Kier alpha value is -0.570. The van der Waals surface area contributed by atoms with Gasteiger partial charge >= 0.3 is 0 Å². The summed E-state index contributed by atoms with van der Waals surface area (Å²) in [7, 11) is 2.08. The van der Waals surface area contributed by atoms with Gasteiger partial charge < -0.3 is 10.6 Å². The number of carbonyl (C=O) groups is 1. The topological polar surface area (TPSA) is 41.1 Å². The number of rotatable bonds is 4. The van der Waals surface area contributed by atoms with Gasteiger partial charge in [-0.05, 0) is 50.0 Å².